The van der Waals surface area contributed by atoms with Gasteiger partial charge in [-0.05, 0) is 18.5 Å². The molecule has 0 saturated carbocycles. The maximum absolute atomic E-state index is 9.81. The number of carbonyl (C=O) groups excluding carboxylic acids is 1. The zero-order valence-electron chi connectivity index (χ0n) is 4.91. The first-order valence-corrected chi connectivity index (χ1v) is 2.37. The van der Waals surface area contributed by atoms with Crippen LogP contribution in [-0.4, -0.2) is 5.24 Å². The molecule has 0 N–H and O–H groups in total. The van der Waals surface area contributed by atoms with Gasteiger partial charge in [0, 0.05) is 5.57 Å². The van der Waals surface area contributed by atoms with Gasteiger partial charge >= 0.3 is 0 Å². The summed E-state index contributed by atoms with van der Waals surface area (Å²) in [5.74, 6) is 0. The van der Waals surface area contributed by atoms with Crippen LogP contribution in [0.4, 0.5) is 0 Å². The van der Waals surface area contributed by atoms with E-state index in [0.29, 0.717) is 5.57 Å². The molecule has 0 atom stereocenters. The van der Waals surface area contributed by atoms with E-state index in [4.69, 9.17) is 11.6 Å². The van der Waals surface area contributed by atoms with Crippen molar-refractivity contribution in [1.82, 2.24) is 0 Å². The van der Waals surface area contributed by atoms with E-state index in [1.54, 1.807) is 6.92 Å². The molecule has 0 saturated heterocycles. The fourth-order valence-corrected chi connectivity index (χ4v) is 0. The highest BCUT2D eigenvalue weighted by Crippen LogP contribution is 1.91. The largest absolute Gasteiger partial charge is 0.276 e. The monoisotopic (exact) mass is 132 g/mol. The summed E-state index contributed by atoms with van der Waals surface area (Å²) >= 11 is 4.87. The van der Waals surface area contributed by atoms with Gasteiger partial charge in [0.2, 0.25) is 5.24 Å². The lowest BCUT2D eigenvalue weighted by Crippen LogP contribution is -1.81. The lowest BCUT2D eigenvalue weighted by atomic mass is 10.4. The summed E-state index contributed by atoms with van der Waals surface area (Å²) in [6, 6.07) is 0. The summed E-state index contributed by atoms with van der Waals surface area (Å²) in [6.45, 7) is 10.8. The molecule has 2 heteroatoms. The number of hydrogen-bond donors (Lipinski definition) is 0. The lowest BCUT2D eigenvalue weighted by Gasteiger charge is -1.77. The van der Waals surface area contributed by atoms with Crippen molar-refractivity contribution in [1.29, 1.82) is 0 Å². The van der Waals surface area contributed by atoms with Crippen molar-refractivity contribution in [3.05, 3.63) is 25.3 Å². The molecule has 0 aliphatic rings. The molecule has 0 radical (unpaired) electrons. The van der Waals surface area contributed by atoms with Crippen LogP contribution in [0.25, 0.3) is 0 Å². The summed E-state index contributed by atoms with van der Waals surface area (Å²) in [6.07, 6.45) is 0. The Balaban J connectivity index is 0. The van der Waals surface area contributed by atoms with Crippen LogP contribution in [0.15, 0.2) is 25.3 Å². The second-order valence-corrected chi connectivity index (χ2v) is 1.40. The van der Waals surface area contributed by atoms with E-state index >= 15 is 0 Å². The highest BCUT2D eigenvalue weighted by molar-refractivity contribution is 6.67. The van der Waals surface area contributed by atoms with Crippen LogP contribution in [0.1, 0.15) is 6.92 Å². The van der Waals surface area contributed by atoms with Gasteiger partial charge in [-0.1, -0.05) is 6.58 Å². The smallest absolute Gasteiger partial charge is 0.247 e. The Kier molecular flexibility index (Phi) is 8.39. The molecule has 0 spiro atoms. The molecule has 0 amide bonds. The maximum Gasteiger partial charge on any atom is 0.247 e. The first-order chi connectivity index (χ1) is 3.64. The average molecular weight is 133 g/mol. The third kappa shape index (κ3) is 9.06. The van der Waals surface area contributed by atoms with Gasteiger partial charge in [0.15, 0.2) is 0 Å². The number of rotatable bonds is 1. The van der Waals surface area contributed by atoms with Crippen LogP contribution in [0.5, 0.6) is 0 Å². The lowest BCUT2D eigenvalue weighted by molar-refractivity contribution is -0.108. The van der Waals surface area contributed by atoms with Gasteiger partial charge < -0.3 is 0 Å². The summed E-state index contributed by atoms with van der Waals surface area (Å²) < 4.78 is 0. The molecule has 0 aromatic rings. The van der Waals surface area contributed by atoms with E-state index in [1.165, 1.54) is 0 Å². The average Bonchev–Trinajstić information content (AvgIpc) is 1.72. The van der Waals surface area contributed by atoms with Crippen molar-refractivity contribution in [2.24, 2.45) is 0 Å². The minimum atomic E-state index is -0.463. The SMILES string of the molecule is C=C.C=C(C)C(=O)Cl. The van der Waals surface area contributed by atoms with Gasteiger partial charge in [-0.3, -0.25) is 4.79 Å². The van der Waals surface area contributed by atoms with Crippen molar-refractivity contribution in [3.8, 4) is 0 Å². The van der Waals surface area contributed by atoms with Gasteiger partial charge in [-0.2, -0.15) is 0 Å². The molecule has 8 heavy (non-hydrogen) atoms. The van der Waals surface area contributed by atoms with Crippen LogP contribution >= 0.6 is 11.6 Å². The Bertz CT molecular complexity index is 84.7. The van der Waals surface area contributed by atoms with Crippen molar-refractivity contribution in [2.45, 2.75) is 6.92 Å². The third-order valence-electron chi connectivity index (χ3n) is 0.336. The Morgan fingerprint density at radius 1 is 1.50 bits per heavy atom. The highest BCUT2D eigenvalue weighted by atomic mass is 35.5. The van der Waals surface area contributed by atoms with Gasteiger partial charge in [-0.25, -0.2) is 0 Å². The van der Waals surface area contributed by atoms with Gasteiger partial charge in [0.05, 0.1) is 0 Å². The van der Waals surface area contributed by atoms with Crippen molar-refractivity contribution < 1.29 is 4.79 Å². The highest BCUT2D eigenvalue weighted by Gasteiger charge is 1.89. The summed E-state index contributed by atoms with van der Waals surface area (Å²) in [5.41, 5.74) is 0.386. The van der Waals surface area contributed by atoms with Gasteiger partial charge in [-0.15, -0.1) is 13.2 Å². The molecule has 0 aromatic heterocycles. The molecule has 0 rings (SSSR count). The molecule has 46 valence electrons. The summed E-state index contributed by atoms with van der Waals surface area (Å²) in [7, 11) is 0. The Labute approximate surface area is 54.7 Å². The van der Waals surface area contributed by atoms with E-state index in [9.17, 15) is 4.79 Å². The predicted octanol–water partition coefficient (Wildman–Crippen LogP) is 2.13. The zero-order chi connectivity index (χ0) is 7.15. The van der Waals surface area contributed by atoms with E-state index in [0.717, 1.165) is 0 Å². The molecule has 0 bridgehead atoms. The minimum Gasteiger partial charge on any atom is -0.276 e. The predicted molar refractivity (Wildman–Crippen MR) is 36.9 cm³/mol. The number of carbonyl (C=O) groups is 1. The molecule has 1 nitrogen and oxygen atoms in total. The molecule has 0 unspecified atom stereocenters. The molecule has 0 fully saturated rings. The third-order valence-corrected chi connectivity index (χ3v) is 0.658. The fraction of sp³-hybridized carbons (Fsp3) is 0.167. The van der Waals surface area contributed by atoms with Gasteiger partial charge in [0.1, 0.15) is 0 Å². The molecule has 0 heterocycles. The van der Waals surface area contributed by atoms with E-state index in [1.807, 2.05) is 0 Å². The molecule has 0 aliphatic carbocycles. The molecular weight excluding hydrogens is 124 g/mol. The molecule has 0 aliphatic heterocycles. The number of allylic oxidation sites excluding steroid dienone is 1. The minimum absolute atomic E-state index is 0.386. The number of halogens is 1. The second-order valence-electron chi connectivity index (χ2n) is 1.05. The second kappa shape index (κ2) is 6.44. The first kappa shape index (κ1) is 10.4. The van der Waals surface area contributed by atoms with Crippen molar-refractivity contribution in [3.63, 3.8) is 0 Å². The Hall–Kier alpha value is -0.560. The standard InChI is InChI=1S/C4H5ClO.C2H4/c1-3(2)4(5)6;1-2/h1H2,2H3;1-2H2. The van der Waals surface area contributed by atoms with Crippen molar-refractivity contribution in [2.75, 3.05) is 0 Å². The summed E-state index contributed by atoms with van der Waals surface area (Å²) in [4.78, 5) is 9.81. The Morgan fingerprint density at radius 3 is 1.62 bits per heavy atom. The zero-order valence-corrected chi connectivity index (χ0v) is 5.66. The van der Waals surface area contributed by atoms with Crippen LogP contribution in [0, 0.1) is 0 Å². The fourth-order valence-electron chi connectivity index (χ4n) is 0. The molecule has 0 aromatic carbocycles. The molecular formula is C6H9ClO. The van der Waals surface area contributed by atoms with Crippen LogP contribution in [-0.2, 0) is 4.79 Å². The van der Waals surface area contributed by atoms with Crippen molar-refractivity contribution >= 4 is 16.8 Å². The Morgan fingerprint density at radius 2 is 1.62 bits per heavy atom. The van der Waals surface area contributed by atoms with Crippen LogP contribution < -0.4 is 0 Å². The number of hydrogen-bond acceptors (Lipinski definition) is 1. The van der Waals surface area contributed by atoms with E-state index in [-0.39, 0.29) is 0 Å². The maximum atomic E-state index is 9.81. The quantitative estimate of drug-likeness (QED) is 0.304. The topological polar surface area (TPSA) is 17.1 Å². The normalized spacial score (nSPS) is 6.25. The summed E-state index contributed by atoms with van der Waals surface area (Å²) in [5, 5.41) is -0.463. The first-order valence-electron chi connectivity index (χ1n) is 2.00. The van der Waals surface area contributed by atoms with E-state index in [2.05, 4.69) is 19.7 Å². The van der Waals surface area contributed by atoms with Gasteiger partial charge in [0.25, 0.3) is 0 Å². The van der Waals surface area contributed by atoms with Crippen LogP contribution in [0.3, 0.4) is 0 Å². The van der Waals surface area contributed by atoms with E-state index < -0.39 is 5.24 Å². The van der Waals surface area contributed by atoms with Crippen LogP contribution in [0.2, 0.25) is 0 Å².